The number of anilines is 1. The normalized spacial score (nSPS) is 11.1. The summed E-state index contributed by atoms with van der Waals surface area (Å²) in [7, 11) is 3.02. The van der Waals surface area contributed by atoms with Crippen molar-refractivity contribution >= 4 is 40.3 Å². The predicted octanol–water partition coefficient (Wildman–Crippen LogP) is 2.17. The summed E-state index contributed by atoms with van der Waals surface area (Å²) in [4.78, 5) is 53.3. The molecular weight excluding hydrogens is 418 g/mol. The van der Waals surface area contributed by atoms with Crippen LogP contribution in [0.25, 0.3) is 11.2 Å². The Morgan fingerprint density at radius 1 is 1.10 bits per heavy atom. The van der Waals surface area contributed by atoms with Gasteiger partial charge in [-0.15, -0.1) is 0 Å². The van der Waals surface area contributed by atoms with E-state index in [0.29, 0.717) is 34.1 Å². The maximum atomic E-state index is 12.7. The zero-order valence-corrected chi connectivity index (χ0v) is 18.8. The number of benzene rings is 1. The second kappa shape index (κ2) is 9.34. The fraction of sp³-hybridized carbons (Fsp3) is 0.381. The van der Waals surface area contributed by atoms with Crippen molar-refractivity contribution < 1.29 is 9.59 Å². The van der Waals surface area contributed by atoms with Gasteiger partial charge in [0.25, 0.3) is 5.56 Å². The van der Waals surface area contributed by atoms with Crippen LogP contribution in [0.3, 0.4) is 0 Å². The molecule has 31 heavy (non-hydrogen) atoms. The molecule has 0 radical (unpaired) electrons. The Balaban J connectivity index is 1.85. The minimum atomic E-state index is -0.444. The number of amides is 1. The van der Waals surface area contributed by atoms with Gasteiger partial charge in [-0.05, 0) is 37.6 Å². The van der Waals surface area contributed by atoms with Crippen molar-refractivity contribution in [2.45, 2.75) is 38.4 Å². The summed E-state index contributed by atoms with van der Waals surface area (Å²) in [6.45, 7) is 4.10. The molecule has 2 heterocycles. The monoisotopic (exact) mass is 443 g/mol. The van der Waals surface area contributed by atoms with Gasteiger partial charge in [0.1, 0.15) is 0 Å². The van der Waals surface area contributed by atoms with Crippen molar-refractivity contribution in [1.29, 1.82) is 0 Å². The number of thioether (sulfide) groups is 1. The largest absolute Gasteiger partial charge is 0.332 e. The van der Waals surface area contributed by atoms with Gasteiger partial charge in [0, 0.05) is 31.9 Å². The van der Waals surface area contributed by atoms with E-state index in [4.69, 9.17) is 0 Å². The Hall–Kier alpha value is -3.14. The molecule has 164 valence electrons. The van der Waals surface area contributed by atoms with Gasteiger partial charge in [0.2, 0.25) is 5.91 Å². The second-order valence-corrected chi connectivity index (χ2v) is 8.19. The molecule has 0 bridgehead atoms. The van der Waals surface area contributed by atoms with E-state index in [2.05, 4.69) is 10.3 Å². The zero-order chi connectivity index (χ0) is 22.7. The second-order valence-electron chi connectivity index (χ2n) is 7.25. The molecule has 0 atom stereocenters. The van der Waals surface area contributed by atoms with Crippen molar-refractivity contribution in [2.24, 2.45) is 14.1 Å². The van der Waals surface area contributed by atoms with E-state index >= 15 is 0 Å². The number of Topliss-reactive ketones (excluding diaryl/α,β-unsaturated/α-hetero) is 1. The third-order valence-electron chi connectivity index (χ3n) is 4.96. The van der Waals surface area contributed by atoms with Crippen LogP contribution in [0.1, 0.15) is 37.0 Å². The Labute approximate surface area is 183 Å². The molecule has 0 aliphatic rings. The molecule has 1 N–H and O–H groups in total. The Morgan fingerprint density at radius 2 is 1.77 bits per heavy atom. The number of nitrogens with one attached hydrogen (secondary N) is 1. The van der Waals surface area contributed by atoms with Crippen molar-refractivity contribution in [1.82, 2.24) is 18.7 Å². The first-order chi connectivity index (χ1) is 14.7. The Morgan fingerprint density at radius 3 is 2.39 bits per heavy atom. The van der Waals surface area contributed by atoms with E-state index in [9.17, 15) is 19.2 Å². The van der Waals surface area contributed by atoms with Crippen molar-refractivity contribution in [3.05, 3.63) is 50.7 Å². The van der Waals surface area contributed by atoms with Crippen LogP contribution in [0.4, 0.5) is 5.69 Å². The van der Waals surface area contributed by atoms with Crippen LogP contribution in [-0.2, 0) is 25.4 Å². The molecular formula is C21H25N5O4S. The third kappa shape index (κ3) is 4.63. The summed E-state index contributed by atoms with van der Waals surface area (Å²) in [5.41, 5.74) is 0.993. The van der Waals surface area contributed by atoms with Gasteiger partial charge in [-0.2, -0.15) is 0 Å². The molecule has 0 fully saturated rings. The van der Waals surface area contributed by atoms with Gasteiger partial charge in [-0.25, -0.2) is 9.78 Å². The Bertz CT molecular complexity index is 1250. The molecule has 1 amide bonds. The van der Waals surface area contributed by atoms with Crippen LogP contribution in [0, 0.1) is 0 Å². The quantitative estimate of drug-likeness (QED) is 0.422. The number of aromatic nitrogens is 4. The number of imidazole rings is 1. The highest BCUT2D eigenvalue weighted by Crippen LogP contribution is 2.22. The minimum absolute atomic E-state index is 0.0417. The smallest absolute Gasteiger partial charge is 0.325 e. The molecule has 9 nitrogen and oxygen atoms in total. The fourth-order valence-corrected chi connectivity index (χ4v) is 4.00. The molecule has 0 unspecified atom stereocenters. The van der Waals surface area contributed by atoms with E-state index in [-0.39, 0.29) is 17.4 Å². The molecule has 2 aromatic heterocycles. The van der Waals surface area contributed by atoms with Crippen molar-refractivity contribution in [3.63, 3.8) is 0 Å². The summed E-state index contributed by atoms with van der Waals surface area (Å²) >= 11 is 1.21. The lowest BCUT2D eigenvalue weighted by Gasteiger charge is -2.09. The lowest BCUT2D eigenvalue weighted by Crippen LogP contribution is -2.37. The number of ketones is 1. The molecule has 0 saturated heterocycles. The summed E-state index contributed by atoms with van der Waals surface area (Å²) in [6.07, 6.45) is 1.76. The van der Waals surface area contributed by atoms with Crippen molar-refractivity contribution in [2.75, 3.05) is 11.1 Å². The molecule has 3 aromatic rings. The number of nitrogens with zero attached hydrogens (tertiary/aromatic N) is 4. The average molecular weight is 444 g/mol. The van der Waals surface area contributed by atoms with E-state index in [1.807, 2.05) is 6.92 Å². The van der Waals surface area contributed by atoms with E-state index in [0.717, 1.165) is 17.4 Å². The maximum absolute atomic E-state index is 12.7. The summed E-state index contributed by atoms with van der Waals surface area (Å²) in [6, 6.07) is 6.67. The highest BCUT2D eigenvalue weighted by molar-refractivity contribution is 7.99. The SMILES string of the molecule is CCCCn1c(SCC(=O)Nc2ccc(C(C)=O)cc2)nc2c1c(=O)n(C)c(=O)n2C. The zero-order valence-electron chi connectivity index (χ0n) is 18.0. The van der Waals surface area contributed by atoms with E-state index in [1.54, 1.807) is 35.9 Å². The van der Waals surface area contributed by atoms with E-state index < -0.39 is 11.2 Å². The topological polar surface area (TPSA) is 108 Å². The number of unbranched alkanes of at least 4 members (excludes halogenated alkanes) is 1. The van der Waals surface area contributed by atoms with Gasteiger partial charge in [-0.3, -0.25) is 23.5 Å². The number of rotatable bonds is 8. The van der Waals surface area contributed by atoms with E-state index in [1.165, 1.54) is 30.3 Å². The highest BCUT2D eigenvalue weighted by atomic mass is 32.2. The lowest BCUT2D eigenvalue weighted by molar-refractivity contribution is -0.113. The first-order valence-corrected chi connectivity index (χ1v) is 10.9. The van der Waals surface area contributed by atoms with Crippen LogP contribution in [-0.4, -0.2) is 36.1 Å². The number of hydrogen-bond acceptors (Lipinski definition) is 6. The summed E-state index contributed by atoms with van der Waals surface area (Å²) in [5, 5.41) is 3.30. The molecule has 1 aromatic carbocycles. The predicted molar refractivity (Wildman–Crippen MR) is 121 cm³/mol. The van der Waals surface area contributed by atoms with Gasteiger partial charge in [-0.1, -0.05) is 25.1 Å². The van der Waals surface area contributed by atoms with Gasteiger partial charge in [0.15, 0.2) is 22.1 Å². The fourth-order valence-electron chi connectivity index (χ4n) is 3.18. The Kier molecular flexibility index (Phi) is 6.79. The van der Waals surface area contributed by atoms with Crippen LogP contribution < -0.4 is 16.6 Å². The molecule has 0 aliphatic heterocycles. The van der Waals surface area contributed by atoms with Gasteiger partial charge >= 0.3 is 5.69 Å². The molecule has 0 saturated carbocycles. The number of aryl methyl sites for hydroxylation is 2. The number of hydrogen-bond donors (Lipinski definition) is 1. The molecule has 0 spiro atoms. The standard InChI is InChI=1S/C21H25N5O4S/c1-5-6-11-26-17-18(24(3)21(30)25(4)19(17)29)23-20(26)31-12-16(28)22-15-9-7-14(8-10-15)13(2)27/h7-10H,5-6,11-12H2,1-4H3,(H,22,28). The van der Waals surface area contributed by atoms with Crippen LogP contribution in [0.2, 0.25) is 0 Å². The molecule has 0 aliphatic carbocycles. The highest BCUT2D eigenvalue weighted by Gasteiger charge is 2.20. The number of fused-ring (bicyclic) bond motifs is 1. The van der Waals surface area contributed by atoms with Gasteiger partial charge in [0.05, 0.1) is 5.75 Å². The minimum Gasteiger partial charge on any atom is -0.325 e. The first-order valence-electron chi connectivity index (χ1n) is 9.94. The van der Waals surface area contributed by atoms with Gasteiger partial charge < -0.3 is 9.88 Å². The lowest BCUT2D eigenvalue weighted by atomic mass is 10.1. The first kappa shape index (κ1) is 22.5. The third-order valence-corrected chi connectivity index (χ3v) is 5.93. The van der Waals surface area contributed by atoms with Crippen LogP contribution in [0.15, 0.2) is 39.0 Å². The van der Waals surface area contributed by atoms with Crippen LogP contribution >= 0.6 is 11.8 Å². The number of carbonyl (C=O) groups is 2. The molecule has 3 rings (SSSR count). The average Bonchev–Trinajstić information content (AvgIpc) is 3.12. The maximum Gasteiger partial charge on any atom is 0.332 e. The molecule has 10 heteroatoms. The summed E-state index contributed by atoms with van der Waals surface area (Å²) < 4.78 is 4.21. The number of carbonyl (C=O) groups excluding carboxylic acids is 2. The summed E-state index contributed by atoms with van der Waals surface area (Å²) in [5.74, 6) is -0.200. The van der Waals surface area contributed by atoms with Crippen molar-refractivity contribution in [3.8, 4) is 0 Å². The van der Waals surface area contributed by atoms with Crippen LogP contribution in [0.5, 0.6) is 0 Å².